The number of rotatable bonds is 4. The molecule has 0 bridgehead atoms. The Morgan fingerprint density at radius 2 is 2.04 bits per heavy atom. The standard InChI is InChI=1S/C17H11ClFN3O4S2/c1-26-16(23)15-14(18)10-4-3-9(7-13(10)28-15)20-17(27)21-11-5-2-8(19)6-12(11)22(24)25/h2-7H,1H3,(H2,20,21,27). The van der Waals surface area contributed by atoms with Crippen LogP contribution in [0, 0.1) is 15.9 Å². The number of methoxy groups -OCH3 is 1. The van der Waals surface area contributed by atoms with Crippen LogP contribution in [0.3, 0.4) is 0 Å². The molecule has 0 radical (unpaired) electrons. The lowest BCUT2D eigenvalue weighted by Crippen LogP contribution is -2.19. The first-order valence-electron chi connectivity index (χ1n) is 7.62. The van der Waals surface area contributed by atoms with E-state index in [1.165, 1.54) is 24.5 Å². The van der Waals surface area contributed by atoms with Crippen molar-refractivity contribution in [2.75, 3.05) is 17.7 Å². The number of carbonyl (C=O) groups is 1. The van der Waals surface area contributed by atoms with Crippen molar-refractivity contribution in [1.82, 2.24) is 0 Å². The first kappa shape index (κ1) is 19.9. The zero-order chi connectivity index (χ0) is 20.4. The molecule has 2 N–H and O–H groups in total. The van der Waals surface area contributed by atoms with Crippen LogP contribution in [0.15, 0.2) is 36.4 Å². The second kappa shape index (κ2) is 8.05. The Labute approximate surface area is 172 Å². The largest absolute Gasteiger partial charge is 0.465 e. The fourth-order valence-corrected chi connectivity index (χ4v) is 4.11. The second-order valence-corrected chi connectivity index (χ2v) is 7.28. The van der Waals surface area contributed by atoms with Gasteiger partial charge in [0.15, 0.2) is 5.11 Å². The van der Waals surface area contributed by atoms with Crippen LogP contribution in [0.25, 0.3) is 10.1 Å². The Morgan fingerprint density at radius 1 is 1.29 bits per heavy atom. The number of esters is 1. The summed E-state index contributed by atoms with van der Waals surface area (Å²) >= 11 is 12.6. The molecule has 0 aliphatic heterocycles. The normalized spacial score (nSPS) is 10.5. The van der Waals surface area contributed by atoms with Crippen LogP contribution in [0.4, 0.5) is 21.5 Å². The molecule has 144 valence electrons. The number of nitrogens with one attached hydrogen (secondary N) is 2. The predicted molar refractivity (Wildman–Crippen MR) is 111 cm³/mol. The Kier molecular flexibility index (Phi) is 5.73. The fraction of sp³-hybridized carbons (Fsp3) is 0.0588. The number of carbonyl (C=O) groups excluding carboxylic acids is 1. The highest BCUT2D eigenvalue weighted by molar-refractivity contribution is 7.80. The van der Waals surface area contributed by atoms with E-state index in [-0.39, 0.29) is 10.8 Å². The fourth-order valence-electron chi connectivity index (χ4n) is 2.41. The van der Waals surface area contributed by atoms with Crippen LogP contribution in [0.2, 0.25) is 5.02 Å². The highest BCUT2D eigenvalue weighted by atomic mass is 35.5. The van der Waals surface area contributed by atoms with Crippen molar-refractivity contribution in [1.29, 1.82) is 0 Å². The van der Waals surface area contributed by atoms with Crippen LogP contribution in [-0.2, 0) is 4.74 Å². The van der Waals surface area contributed by atoms with Gasteiger partial charge in [-0.15, -0.1) is 11.3 Å². The maximum atomic E-state index is 13.2. The van der Waals surface area contributed by atoms with E-state index >= 15 is 0 Å². The van der Waals surface area contributed by atoms with E-state index in [9.17, 15) is 19.3 Å². The maximum absolute atomic E-state index is 13.2. The summed E-state index contributed by atoms with van der Waals surface area (Å²) in [6.07, 6.45) is 0. The summed E-state index contributed by atoms with van der Waals surface area (Å²) in [4.78, 5) is 22.4. The predicted octanol–water partition coefficient (Wildman–Crippen LogP) is 5.20. The average Bonchev–Trinajstić information content (AvgIpc) is 2.98. The minimum atomic E-state index is -0.724. The van der Waals surface area contributed by atoms with Gasteiger partial charge >= 0.3 is 5.97 Å². The third-order valence-corrected chi connectivity index (χ3v) is 5.50. The monoisotopic (exact) mass is 439 g/mol. The first-order valence-corrected chi connectivity index (χ1v) is 9.22. The lowest BCUT2D eigenvalue weighted by Gasteiger charge is -2.11. The molecule has 0 aliphatic carbocycles. The Bertz CT molecular complexity index is 1120. The van der Waals surface area contributed by atoms with Crippen LogP contribution >= 0.6 is 35.2 Å². The summed E-state index contributed by atoms with van der Waals surface area (Å²) in [7, 11) is 1.27. The molecule has 0 aliphatic rings. The highest BCUT2D eigenvalue weighted by Crippen LogP contribution is 2.37. The van der Waals surface area contributed by atoms with E-state index in [1.54, 1.807) is 18.2 Å². The summed E-state index contributed by atoms with van der Waals surface area (Å²) in [5.41, 5.74) is 0.189. The Balaban J connectivity index is 1.82. The quantitative estimate of drug-likeness (QED) is 0.250. The summed E-state index contributed by atoms with van der Waals surface area (Å²) < 4.78 is 18.7. The number of hydrogen-bond donors (Lipinski definition) is 2. The van der Waals surface area contributed by atoms with Gasteiger partial charge in [0.25, 0.3) is 5.69 Å². The lowest BCUT2D eigenvalue weighted by molar-refractivity contribution is -0.384. The van der Waals surface area contributed by atoms with Crippen LogP contribution in [0.1, 0.15) is 9.67 Å². The molecule has 0 amide bonds. The van der Waals surface area contributed by atoms with Gasteiger partial charge in [-0.1, -0.05) is 11.6 Å². The Hall–Kier alpha value is -2.82. The Morgan fingerprint density at radius 3 is 2.71 bits per heavy atom. The van der Waals surface area contributed by atoms with Gasteiger partial charge < -0.3 is 15.4 Å². The van der Waals surface area contributed by atoms with Gasteiger partial charge in [0.2, 0.25) is 0 Å². The summed E-state index contributed by atoms with van der Waals surface area (Å²) in [5.74, 6) is -1.25. The maximum Gasteiger partial charge on any atom is 0.349 e. The molecule has 0 spiro atoms. The number of nitrogens with zero attached hydrogens (tertiary/aromatic N) is 1. The number of fused-ring (bicyclic) bond motifs is 1. The van der Waals surface area contributed by atoms with Crippen LogP contribution < -0.4 is 10.6 Å². The molecular formula is C17H11ClFN3O4S2. The summed E-state index contributed by atoms with van der Waals surface area (Å²) in [6, 6.07) is 8.25. The summed E-state index contributed by atoms with van der Waals surface area (Å²) in [5, 5.41) is 17.7. The van der Waals surface area contributed by atoms with Gasteiger partial charge in [-0.2, -0.15) is 0 Å². The van der Waals surface area contributed by atoms with Gasteiger partial charge in [0.05, 0.1) is 23.1 Å². The zero-order valence-corrected chi connectivity index (χ0v) is 16.5. The molecule has 28 heavy (non-hydrogen) atoms. The first-order chi connectivity index (χ1) is 13.3. The number of hydrogen-bond acceptors (Lipinski definition) is 6. The zero-order valence-electron chi connectivity index (χ0n) is 14.1. The third kappa shape index (κ3) is 4.03. The van der Waals surface area contributed by atoms with Crippen LogP contribution in [-0.4, -0.2) is 23.1 Å². The molecule has 3 aromatic rings. The molecule has 1 heterocycles. The molecule has 0 unspecified atom stereocenters. The number of benzene rings is 2. The van der Waals surface area contributed by atoms with Gasteiger partial charge in [-0.05, 0) is 42.5 Å². The number of thiophene rings is 1. The number of ether oxygens (including phenoxy) is 1. The van der Waals surface area contributed by atoms with Crippen molar-refractivity contribution in [3.63, 3.8) is 0 Å². The number of halogens is 2. The van der Waals surface area contributed by atoms with Crippen molar-refractivity contribution in [3.05, 3.63) is 62.2 Å². The van der Waals surface area contributed by atoms with Crippen molar-refractivity contribution >= 4 is 73.4 Å². The number of thiocarbonyl (C=S) groups is 1. The van der Waals surface area contributed by atoms with Crippen molar-refractivity contribution in [2.45, 2.75) is 0 Å². The molecular weight excluding hydrogens is 429 g/mol. The van der Waals surface area contributed by atoms with Crippen molar-refractivity contribution < 1.29 is 18.8 Å². The minimum absolute atomic E-state index is 0.0529. The van der Waals surface area contributed by atoms with Crippen molar-refractivity contribution in [2.24, 2.45) is 0 Å². The molecule has 0 saturated heterocycles. The highest BCUT2D eigenvalue weighted by Gasteiger charge is 2.18. The topological polar surface area (TPSA) is 93.5 Å². The van der Waals surface area contributed by atoms with E-state index in [4.69, 9.17) is 28.6 Å². The lowest BCUT2D eigenvalue weighted by atomic mass is 10.2. The number of nitro benzene ring substituents is 1. The minimum Gasteiger partial charge on any atom is -0.465 e. The molecule has 0 fully saturated rings. The molecule has 0 saturated carbocycles. The average molecular weight is 440 g/mol. The molecule has 7 nitrogen and oxygen atoms in total. The number of anilines is 2. The van der Waals surface area contributed by atoms with E-state index in [0.717, 1.165) is 16.8 Å². The second-order valence-electron chi connectivity index (χ2n) is 5.45. The van der Waals surface area contributed by atoms with Gasteiger partial charge in [-0.3, -0.25) is 10.1 Å². The van der Waals surface area contributed by atoms with Gasteiger partial charge in [-0.25, -0.2) is 9.18 Å². The smallest absolute Gasteiger partial charge is 0.349 e. The molecule has 1 aromatic heterocycles. The van der Waals surface area contributed by atoms with E-state index in [0.29, 0.717) is 21.0 Å². The molecule has 3 rings (SSSR count). The van der Waals surface area contributed by atoms with Gasteiger partial charge in [0, 0.05) is 15.8 Å². The van der Waals surface area contributed by atoms with Crippen molar-refractivity contribution in [3.8, 4) is 0 Å². The van der Waals surface area contributed by atoms with Crippen LogP contribution in [0.5, 0.6) is 0 Å². The summed E-state index contributed by atoms with van der Waals surface area (Å²) in [6.45, 7) is 0. The van der Waals surface area contributed by atoms with E-state index < -0.39 is 22.4 Å². The molecule has 2 aromatic carbocycles. The van der Waals surface area contributed by atoms with E-state index in [1.807, 2.05) is 0 Å². The third-order valence-electron chi connectivity index (χ3n) is 3.66. The molecule has 0 atom stereocenters. The van der Waals surface area contributed by atoms with Gasteiger partial charge in [0.1, 0.15) is 16.4 Å². The number of nitro groups is 1. The molecule has 11 heteroatoms. The SMILES string of the molecule is COC(=O)c1sc2cc(NC(=S)Nc3ccc(F)cc3[N+](=O)[O-])ccc2c1Cl. The van der Waals surface area contributed by atoms with E-state index in [2.05, 4.69) is 10.6 Å².